The average molecular weight is 270 g/mol. The third-order valence-corrected chi connectivity index (χ3v) is 4.64. The molecular formula is C17H22N2O. The average Bonchev–Trinajstić information content (AvgIpc) is 2.69. The van der Waals surface area contributed by atoms with E-state index in [1.54, 1.807) is 0 Å². The fourth-order valence-corrected chi connectivity index (χ4v) is 2.84. The van der Waals surface area contributed by atoms with Gasteiger partial charge in [0.25, 0.3) is 0 Å². The zero-order chi connectivity index (χ0) is 15.2. The first-order chi connectivity index (χ1) is 9.31. The smallest absolute Gasteiger partial charge is 0.153 e. The summed E-state index contributed by atoms with van der Waals surface area (Å²) < 4.78 is 1.92. The van der Waals surface area contributed by atoms with Gasteiger partial charge in [-0.15, -0.1) is 0 Å². The molecule has 20 heavy (non-hydrogen) atoms. The number of nitrogens with zero attached hydrogens (tertiary/aromatic N) is 2. The second kappa shape index (κ2) is 4.89. The SMILES string of the molecule is Cc1nn(-c2c(C)c(C)c(C)c(C)c2C)c(C)c1C=O. The van der Waals surface area contributed by atoms with E-state index in [0.29, 0.717) is 5.56 Å². The number of hydrogen-bond donors (Lipinski definition) is 0. The lowest BCUT2D eigenvalue weighted by Gasteiger charge is -2.19. The first-order valence-corrected chi connectivity index (χ1v) is 6.90. The Labute approximate surface area is 120 Å². The predicted octanol–water partition coefficient (Wildman–Crippen LogP) is 3.84. The van der Waals surface area contributed by atoms with Crippen LogP contribution in [0.3, 0.4) is 0 Å². The van der Waals surface area contributed by atoms with Gasteiger partial charge in [0.05, 0.1) is 22.6 Å². The lowest BCUT2D eigenvalue weighted by Crippen LogP contribution is -2.09. The van der Waals surface area contributed by atoms with Crippen molar-refractivity contribution in [1.29, 1.82) is 0 Å². The van der Waals surface area contributed by atoms with Crippen LogP contribution in [-0.4, -0.2) is 16.1 Å². The van der Waals surface area contributed by atoms with Gasteiger partial charge in [-0.2, -0.15) is 5.10 Å². The van der Waals surface area contributed by atoms with E-state index in [2.05, 4.69) is 39.7 Å². The van der Waals surface area contributed by atoms with Crippen molar-refractivity contribution in [2.45, 2.75) is 48.5 Å². The summed E-state index contributed by atoms with van der Waals surface area (Å²) in [7, 11) is 0. The summed E-state index contributed by atoms with van der Waals surface area (Å²) in [6.07, 6.45) is 0.896. The highest BCUT2D eigenvalue weighted by atomic mass is 16.1. The molecule has 0 bridgehead atoms. The summed E-state index contributed by atoms with van der Waals surface area (Å²) in [5, 5.41) is 4.57. The van der Waals surface area contributed by atoms with Crippen LogP contribution in [0, 0.1) is 48.5 Å². The quantitative estimate of drug-likeness (QED) is 0.777. The molecule has 0 amide bonds. The van der Waals surface area contributed by atoms with E-state index in [-0.39, 0.29) is 0 Å². The number of aromatic nitrogens is 2. The Kier molecular flexibility index (Phi) is 3.55. The van der Waals surface area contributed by atoms with Gasteiger partial charge in [0.15, 0.2) is 6.29 Å². The highest BCUT2D eigenvalue weighted by Crippen LogP contribution is 2.30. The van der Waals surface area contributed by atoms with Crippen LogP contribution >= 0.6 is 0 Å². The predicted molar refractivity (Wildman–Crippen MR) is 82.1 cm³/mol. The van der Waals surface area contributed by atoms with Gasteiger partial charge in [-0.25, -0.2) is 4.68 Å². The van der Waals surface area contributed by atoms with Gasteiger partial charge in [-0.3, -0.25) is 4.79 Å². The van der Waals surface area contributed by atoms with Crippen molar-refractivity contribution >= 4 is 6.29 Å². The summed E-state index contributed by atoms with van der Waals surface area (Å²) in [4.78, 5) is 11.2. The maximum atomic E-state index is 11.2. The summed E-state index contributed by atoms with van der Waals surface area (Å²) >= 11 is 0. The highest BCUT2D eigenvalue weighted by Gasteiger charge is 2.18. The molecule has 2 rings (SSSR count). The van der Waals surface area contributed by atoms with Crippen LogP contribution in [0.15, 0.2) is 0 Å². The molecular weight excluding hydrogens is 248 g/mol. The molecule has 0 radical (unpaired) electrons. The minimum Gasteiger partial charge on any atom is -0.298 e. The number of benzene rings is 1. The van der Waals surface area contributed by atoms with E-state index in [0.717, 1.165) is 23.4 Å². The second-order valence-electron chi connectivity index (χ2n) is 5.59. The van der Waals surface area contributed by atoms with Crippen LogP contribution in [0.1, 0.15) is 49.6 Å². The van der Waals surface area contributed by atoms with E-state index in [9.17, 15) is 4.79 Å². The molecule has 0 fully saturated rings. The van der Waals surface area contributed by atoms with Crippen molar-refractivity contribution < 1.29 is 4.79 Å². The number of carbonyl (C=O) groups excluding carboxylic acids is 1. The Morgan fingerprint density at radius 1 is 0.800 bits per heavy atom. The largest absolute Gasteiger partial charge is 0.298 e. The molecule has 3 nitrogen and oxygen atoms in total. The molecule has 0 aliphatic rings. The number of aldehydes is 1. The van der Waals surface area contributed by atoms with Crippen molar-refractivity contribution in [3.05, 3.63) is 44.8 Å². The van der Waals surface area contributed by atoms with E-state index in [1.807, 2.05) is 18.5 Å². The van der Waals surface area contributed by atoms with Gasteiger partial charge in [-0.1, -0.05) is 0 Å². The molecule has 2 aromatic rings. The van der Waals surface area contributed by atoms with Crippen LogP contribution in [0.25, 0.3) is 5.69 Å². The van der Waals surface area contributed by atoms with Gasteiger partial charge in [0.2, 0.25) is 0 Å². The lowest BCUT2D eigenvalue weighted by atomic mass is 9.93. The summed E-state index contributed by atoms with van der Waals surface area (Å²) in [5.41, 5.74) is 9.88. The Balaban J connectivity index is 2.87. The lowest BCUT2D eigenvalue weighted by molar-refractivity contribution is 0.112. The van der Waals surface area contributed by atoms with Crippen molar-refractivity contribution in [3.63, 3.8) is 0 Å². The normalized spacial score (nSPS) is 10.9. The molecule has 0 saturated heterocycles. The van der Waals surface area contributed by atoms with Gasteiger partial charge in [0.1, 0.15) is 0 Å². The van der Waals surface area contributed by atoms with Gasteiger partial charge in [0, 0.05) is 0 Å². The third-order valence-electron chi connectivity index (χ3n) is 4.64. The fraction of sp³-hybridized carbons (Fsp3) is 0.412. The first kappa shape index (κ1) is 14.5. The molecule has 0 aliphatic heterocycles. The van der Waals surface area contributed by atoms with Crippen LogP contribution in [-0.2, 0) is 0 Å². The van der Waals surface area contributed by atoms with Gasteiger partial charge in [-0.05, 0) is 76.3 Å². The fourth-order valence-electron chi connectivity index (χ4n) is 2.84. The Hall–Kier alpha value is -1.90. The first-order valence-electron chi connectivity index (χ1n) is 6.90. The number of rotatable bonds is 2. The Morgan fingerprint density at radius 2 is 1.25 bits per heavy atom. The zero-order valence-corrected chi connectivity index (χ0v) is 13.4. The Bertz CT molecular complexity index is 680. The third kappa shape index (κ3) is 1.89. The highest BCUT2D eigenvalue weighted by molar-refractivity contribution is 5.78. The number of hydrogen-bond acceptors (Lipinski definition) is 2. The second-order valence-corrected chi connectivity index (χ2v) is 5.59. The topological polar surface area (TPSA) is 34.9 Å². The summed E-state index contributed by atoms with van der Waals surface area (Å²) in [6, 6.07) is 0. The van der Waals surface area contributed by atoms with Gasteiger partial charge >= 0.3 is 0 Å². The minimum absolute atomic E-state index is 0.694. The summed E-state index contributed by atoms with van der Waals surface area (Å²) in [6.45, 7) is 14.5. The minimum atomic E-state index is 0.694. The maximum Gasteiger partial charge on any atom is 0.153 e. The molecule has 0 unspecified atom stereocenters. The van der Waals surface area contributed by atoms with E-state index >= 15 is 0 Å². The molecule has 1 aromatic carbocycles. The molecule has 0 saturated carbocycles. The Morgan fingerprint density at radius 3 is 1.65 bits per heavy atom. The maximum absolute atomic E-state index is 11.2. The van der Waals surface area contributed by atoms with E-state index in [1.165, 1.54) is 27.8 Å². The zero-order valence-electron chi connectivity index (χ0n) is 13.4. The molecule has 0 aliphatic carbocycles. The molecule has 0 N–H and O–H groups in total. The monoisotopic (exact) mass is 270 g/mol. The molecule has 1 aromatic heterocycles. The van der Waals surface area contributed by atoms with E-state index in [4.69, 9.17) is 0 Å². The van der Waals surface area contributed by atoms with E-state index < -0.39 is 0 Å². The molecule has 0 spiro atoms. The molecule has 1 heterocycles. The van der Waals surface area contributed by atoms with Crippen molar-refractivity contribution in [1.82, 2.24) is 9.78 Å². The van der Waals surface area contributed by atoms with Crippen molar-refractivity contribution in [2.75, 3.05) is 0 Å². The summed E-state index contributed by atoms with van der Waals surface area (Å²) in [5.74, 6) is 0. The molecule has 3 heteroatoms. The standard InChI is InChI=1S/C17H22N2O/c1-9-10(2)12(4)17(13(5)11(9)3)19-15(7)16(8-20)14(6)18-19/h8H,1-7H3. The van der Waals surface area contributed by atoms with Crippen LogP contribution < -0.4 is 0 Å². The molecule has 106 valence electrons. The van der Waals surface area contributed by atoms with Crippen molar-refractivity contribution in [2.24, 2.45) is 0 Å². The molecule has 0 atom stereocenters. The van der Waals surface area contributed by atoms with Gasteiger partial charge < -0.3 is 0 Å². The van der Waals surface area contributed by atoms with Crippen molar-refractivity contribution in [3.8, 4) is 5.69 Å². The number of carbonyl (C=O) groups is 1. The van der Waals surface area contributed by atoms with Crippen LogP contribution in [0.5, 0.6) is 0 Å². The van der Waals surface area contributed by atoms with Crippen LogP contribution in [0.4, 0.5) is 0 Å². The van der Waals surface area contributed by atoms with Crippen LogP contribution in [0.2, 0.25) is 0 Å². The number of aryl methyl sites for hydroxylation is 1.